The van der Waals surface area contributed by atoms with Crippen LogP contribution in [0.25, 0.3) is 22.4 Å². The van der Waals surface area contributed by atoms with Crippen molar-refractivity contribution < 1.29 is 27.5 Å². The monoisotopic (exact) mass is 623 g/mol. The fourth-order valence-electron chi connectivity index (χ4n) is 4.87. The van der Waals surface area contributed by atoms with Crippen LogP contribution in [0.1, 0.15) is 16.8 Å². The Hall–Kier alpha value is -5.41. The van der Waals surface area contributed by atoms with E-state index in [-0.39, 0.29) is 29.9 Å². The van der Waals surface area contributed by atoms with Crippen molar-refractivity contribution in [1.82, 2.24) is 29.3 Å². The smallest absolute Gasteiger partial charge is 0.337 e. The fraction of sp³-hybridized carbons (Fsp3) is 0.200. The van der Waals surface area contributed by atoms with Gasteiger partial charge in [-0.25, -0.2) is 37.5 Å². The van der Waals surface area contributed by atoms with Crippen molar-refractivity contribution in [2.24, 2.45) is 5.73 Å². The highest BCUT2D eigenvalue weighted by atomic mass is 19.1. The first-order chi connectivity index (χ1) is 21.5. The van der Waals surface area contributed by atoms with Crippen LogP contribution in [0.3, 0.4) is 0 Å². The van der Waals surface area contributed by atoms with Crippen LogP contribution in [-0.2, 0) is 24.5 Å². The van der Waals surface area contributed by atoms with Gasteiger partial charge in [-0.05, 0) is 56.1 Å². The van der Waals surface area contributed by atoms with E-state index in [0.717, 1.165) is 16.7 Å². The lowest BCUT2D eigenvalue weighted by Crippen LogP contribution is -2.40. The zero-order valence-corrected chi connectivity index (χ0v) is 24.4. The summed E-state index contributed by atoms with van der Waals surface area (Å²) >= 11 is 0. The normalized spacial score (nSPS) is 11.4. The van der Waals surface area contributed by atoms with Crippen LogP contribution in [-0.4, -0.2) is 51.1 Å². The first kappa shape index (κ1) is 31.0. The lowest BCUT2D eigenvalue weighted by atomic mass is 10.2. The number of hydrogen-bond acceptors (Lipinski definition) is 7. The summed E-state index contributed by atoms with van der Waals surface area (Å²) in [5.74, 6) is -3.04. The second-order valence-electron chi connectivity index (χ2n) is 10.2. The fourth-order valence-corrected chi connectivity index (χ4v) is 4.87. The van der Waals surface area contributed by atoms with Gasteiger partial charge in [0.2, 0.25) is 0 Å². The van der Waals surface area contributed by atoms with E-state index in [0.29, 0.717) is 21.5 Å². The number of halogens is 3. The largest absolute Gasteiger partial charge is 0.494 e. The maximum atomic E-state index is 15.5. The number of benzene rings is 3. The van der Waals surface area contributed by atoms with Gasteiger partial charge in [0.1, 0.15) is 17.0 Å². The molecule has 45 heavy (non-hydrogen) atoms. The Bertz CT molecular complexity index is 2000. The summed E-state index contributed by atoms with van der Waals surface area (Å²) in [5.41, 5.74) is 5.48. The molecule has 3 N–H and O–H groups in total. The molecule has 0 bridgehead atoms. The highest BCUT2D eigenvalue weighted by Gasteiger charge is 2.26. The average Bonchev–Trinajstić information content (AvgIpc) is 3.36. The zero-order chi connectivity index (χ0) is 32.4. The lowest BCUT2D eigenvalue weighted by molar-refractivity contribution is 0.0521. The van der Waals surface area contributed by atoms with Crippen molar-refractivity contribution in [2.45, 2.75) is 19.7 Å². The van der Waals surface area contributed by atoms with Crippen molar-refractivity contribution in [3.63, 3.8) is 0 Å². The number of nitrogens with zero attached hydrogens (tertiary/aromatic N) is 5. The van der Waals surface area contributed by atoms with Crippen molar-refractivity contribution >= 4 is 17.1 Å². The summed E-state index contributed by atoms with van der Waals surface area (Å²) in [6.45, 7) is -0.521. The Morgan fingerprint density at radius 3 is 2.29 bits per heavy atom. The Morgan fingerprint density at radius 1 is 1.00 bits per heavy atom. The minimum Gasteiger partial charge on any atom is -0.494 e. The molecule has 0 aliphatic heterocycles. The second-order valence-corrected chi connectivity index (χ2v) is 10.2. The number of carbonyl (C=O) groups is 1. The molecule has 0 saturated carbocycles. The Morgan fingerprint density at radius 2 is 1.67 bits per heavy atom. The van der Waals surface area contributed by atoms with Crippen LogP contribution < -0.4 is 27.2 Å². The first-order valence-corrected chi connectivity index (χ1v) is 13.5. The third-order valence-electron chi connectivity index (χ3n) is 6.90. The molecule has 12 nitrogen and oxygen atoms in total. The van der Waals surface area contributed by atoms with Gasteiger partial charge in [0.25, 0.3) is 5.56 Å². The molecule has 0 aliphatic carbocycles. The molecule has 2 aromatic heterocycles. The predicted octanol–water partition coefficient (Wildman–Crippen LogP) is 2.97. The van der Waals surface area contributed by atoms with Crippen molar-refractivity contribution in [3.8, 4) is 17.1 Å². The molecule has 5 aromatic rings. The lowest BCUT2D eigenvalue weighted by Gasteiger charge is -2.15. The highest BCUT2D eigenvalue weighted by molar-refractivity contribution is 5.79. The first-order valence-electron chi connectivity index (χ1n) is 13.5. The molecular formula is C30H28F3N7O5. The molecule has 0 aliphatic rings. The SMILES string of the molecule is COc1cccc(-n2c(=O)c3c(CN(C)C)n(-c4ccc(CONC(N)=O)cc4)nc3n(Cc3c(F)cccc3F)c2=O)c1F. The maximum Gasteiger partial charge on any atom is 0.337 e. The number of methoxy groups -OCH3 is 1. The molecule has 0 atom stereocenters. The van der Waals surface area contributed by atoms with Crippen LogP contribution in [0, 0.1) is 17.5 Å². The summed E-state index contributed by atoms with van der Waals surface area (Å²) < 4.78 is 53.3. The third-order valence-corrected chi connectivity index (χ3v) is 6.90. The molecule has 234 valence electrons. The molecule has 0 spiro atoms. The molecule has 0 radical (unpaired) electrons. The number of amides is 2. The zero-order valence-electron chi connectivity index (χ0n) is 24.4. The van der Waals surface area contributed by atoms with E-state index in [1.54, 1.807) is 43.3 Å². The van der Waals surface area contributed by atoms with E-state index >= 15 is 4.39 Å². The summed E-state index contributed by atoms with van der Waals surface area (Å²) in [4.78, 5) is 45.9. The van der Waals surface area contributed by atoms with Gasteiger partial charge in [-0.1, -0.05) is 24.3 Å². The molecule has 15 heteroatoms. The molecule has 2 amide bonds. The van der Waals surface area contributed by atoms with Crippen molar-refractivity contribution in [2.75, 3.05) is 21.2 Å². The number of fused-ring (bicyclic) bond motifs is 1. The summed E-state index contributed by atoms with van der Waals surface area (Å²) in [7, 11) is 4.74. The highest BCUT2D eigenvalue weighted by Crippen LogP contribution is 2.25. The van der Waals surface area contributed by atoms with E-state index < -0.39 is 52.5 Å². The molecule has 0 fully saturated rings. The minimum absolute atomic E-state index is 0.000582. The number of nitrogens with two attached hydrogens (primary N) is 1. The average molecular weight is 624 g/mol. The Balaban J connectivity index is 1.81. The minimum atomic E-state index is -1.07. The molecule has 0 saturated heterocycles. The van der Waals surface area contributed by atoms with Crippen molar-refractivity contribution in [1.29, 1.82) is 0 Å². The van der Waals surface area contributed by atoms with E-state index in [1.165, 1.54) is 36.1 Å². The van der Waals surface area contributed by atoms with E-state index in [4.69, 9.17) is 15.3 Å². The number of hydroxylamine groups is 1. The number of primary amides is 1. The predicted molar refractivity (Wildman–Crippen MR) is 158 cm³/mol. The van der Waals surface area contributed by atoms with Gasteiger partial charge in [-0.3, -0.25) is 14.2 Å². The Labute approximate surface area is 253 Å². The van der Waals surface area contributed by atoms with Gasteiger partial charge in [0.15, 0.2) is 17.2 Å². The van der Waals surface area contributed by atoms with Gasteiger partial charge >= 0.3 is 11.7 Å². The van der Waals surface area contributed by atoms with Crippen LogP contribution in [0.15, 0.2) is 70.3 Å². The van der Waals surface area contributed by atoms with Gasteiger partial charge in [-0.2, -0.15) is 0 Å². The van der Waals surface area contributed by atoms with E-state index in [1.807, 2.05) is 5.48 Å². The third kappa shape index (κ3) is 6.03. The van der Waals surface area contributed by atoms with Gasteiger partial charge in [0.05, 0.1) is 37.3 Å². The van der Waals surface area contributed by atoms with Gasteiger partial charge in [-0.15, -0.1) is 5.10 Å². The topological polar surface area (TPSA) is 139 Å². The number of nitrogens with one attached hydrogen (secondary N) is 1. The van der Waals surface area contributed by atoms with Crippen LogP contribution in [0.5, 0.6) is 5.75 Å². The second kappa shape index (κ2) is 12.7. The molecule has 0 unspecified atom stereocenters. The van der Waals surface area contributed by atoms with Crippen LogP contribution >= 0.6 is 0 Å². The number of ether oxygens (including phenoxy) is 1. The van der Waals surface area contributed by atoms with E-state index in [2.05, 4.69) is 5.10 Å². The van der Waals surface area contributed by atoms with Crippen molar-refractivity contribution in [3.05, 3.63) is 116 Å². The summed E-state index contributed by atoms with van der Waals surface area (Å²) in [6, 6.07) is 13.0. The summed E-state index contributed by atoms with van der Waals surface area (Å²) in [6.07, 6.45) is 0. The maximum absolute atomic E-state index is 15.5. The molecular weight excluding hydrogens is 595 g/mol. The molecule has 3 aromatic carbocycles. The molecule has 5 rings (SSSR count). The molecule has 2 heterocycles. The van der Waals surface area contributed by atoms with Crippen LogP contribution in [0.2, 0.25) is 0 Å². The van der Waals surface area contributed by atoms with E-state index in [9.17, 15) is 23.2 Å². The number of aromatic nitrogens is 4. The number of hydrogen-bond donors (Lipinski definition) is 2. The van der Waals surface area contributed by atoms with Gasteiger partial charge < -0.3 is 15.4 Å². The summed E-state index contributed by atoms with van der Waals surface area (Å²) in [5, 5.41) is 4.52. The quantitative estimate of drug-likeness (QED) is 0.228. The van der Waals surface area contributed by atoms with Crippen LogP contribution in [0.4, 0.5) is 18.0 Å². The number of rotatable bonds is 10. The standard InChI is InChI=1S/C30H28F3N7O5/c1-37(2)15-23-25-27(35-40(23)18-12-10-17(11-13-18)16-45-36-29(34)42)38(14-19-20(31)6-4-7-21(19)32)30(43)39(28(25)41)22-8-5-9-24(44-3)26(22)33/h4-13H,14-16H2,1-3H3,(H3,34,36,42). The van der Waals surface area contributed by atoms with Gasteiger partial charge in [0, 0.05) is 12.1 Å². The Kier molecular flexibility index (Phi) is 8.74. The number of urea groups is 1. The number of carbonyl (C=O) groups excluding carboxylic acids is 1.